The van der Waals surface area contributed by atoms with Crippen LogP contribution in [-0.2, 0) is 6.54 Å². The molecule has 0 aliphatic heterocycles. The lowest BCUT2D eigenvalue weighted by atomic mass is 10.2. The van der Waals surface area contributed by atoms with E-state index < -0.39 is 0 Å². The van der Waals surface area contributed by atoms with Crippen LogP contribution in [0.1, 0.15) is 18.4 Å². The van der Waals surface area contributed by atoms with Gasteiger partial charge in [-0.3, -0.25) is 0 Å². The summed E-state index contributed by atoms with van der Waals surface area (Å²) in [5.41, 5.74) is 1.79. The number of hydrogen-bond donors (Lipinski definition) is 2. The summed E-state index contributed by atoms with van der Waals surface area (Å²) in [7, 11) is 1.79. The summed E-state index contributed by atoms with van der Waals surface area (Å²) < 4.78 is 5.92. The third-order valence-electron chi connectivity index (χ3n) is 3.64. The Bertz CT molecular complexity index is 646. The summed E-state index contributed by atoms with van der Waals surface area (Å²) in [5, 5.41) is 6.70. The van der Waals surface area contributed by atoms with Crippen molar-refractivity contribution in [3.63, 3.8) is 0 Å². The number of para-hydroxylation sites is 1. The smallest absolute Gasteiger partial charge is 0.157 e. The quantitative estimate of drug-likeness (QED) is 0.764. The molecular weight excluding hydrogens is 300 g/mol. The highest BCUT2D eigenvalue weighted by atomic mass is 35.5. The van der Waals surface area contributed by atoms with Gasteiger partial charge >= 0.3 is 0 Å². The fourth-order valence-electron chi connectivity index (χ4n) is 2.18. The summed E-state index contributed by atoms with van der Waals surface area (Å²) in [5.74, 6) is 2.34. The topological polar surface area (TPSA) is 59.1 Å². The zero-order chi connectivity index (χ0) is 15.4. The minimum absolute atomic E-state index is 0.401. The molecule has 2 N–H and O–H groups in total. The van der Waals surface area contributed by atoms with Gasteiger partial charge < -0.3 is 15.4 Å². The van der Waals surface area contributed by atoms with E-state index in [4.69, 9.17) is 16.3 Å². The van der Waals surface area contributed by atoms with Crippen molar-refractivity contribution in [2.75, 3.05) is 24.3 Å². The monoisotopic (exact) mass is 318 g/mol. The van der Waals surface area contributed by atoms with Crippen LogP contribution in [0.2, 0.25) is 5.15 Å². The van der Waals surface area contributed by atoms with E-state index in [9.17, 15) is 0 Å². The molecule has 1 aromatic heterocycles. The van der Waals surface area contributed by atoms with Crippen LogP contribution in [0.4, 0.5) is 11.5 Å². The standard InChI is InChI=1S/C16H19ClN4O/c1-18-14-15(17)20-10-21-16(14)19-8-12-4-2-3-5-13(12)22-9-11-6-7-11/h2-5,10-11,18H,6-9H2,1H3,(H,19,20,21). The van der Waals surface area contributed by atoms with Crippen molar-refractivity contribution in [2.45, 2.75) is 19.4 Å². The van der Waals surface area contributed by atoms with Gasteiger partial charge in [0, 0.05) is 19.2 Å². The van der Waals surface area contributed by atoms with Gasteiger partial charge in [0.1, 0.15) is 17.8 Å². The van der Waals surface area contributed by atoms with E-state index in [0.717, 1.165) is 23.8 Å². The highest BCUT2D eigenvalue weighted by Gasteiger charge is 2.22. The van der Waals surface area contributed by atoms with Crippen molar-refractivity contribution < 1.29 is 4.74 Å². The third kappa shape index (κ3) is 3.60. The first-order valence-electron chi connectivity index (χ1n) is 7.40. The van der Waals surface area contributed by atoms with Crippen LogP contribution in [0.3, 0.4) is 0 Å². The van der Waals surface area contributed by atoms with Crippen LogP contribution >= 0.6 is 11.6 Å². The van der Waals surface area contributed by atoms with Gasteiger partial charge in [-0.1, -0.05) is 29.8 Å². The van der Waals surface area contributed by atoms with Crippen LogP contribution < -0.4 is 15.4 Å². The van der Waals surface area contributed by atoms with E-state index in [1.807, 2.05) is 18.2 Å². The molecule has 0 saturated heterocycles. The lowest BCUT2D eigenvalue weighted by Crippen LogP contribution is -2.08. The molecule has 1 heterocycles. The van der Waals surface area contributed by atoms with E-state index in [1.165, 1.54) is 19.2 Å². The largest absolute Gasteiger partial charge is 0.493 e. The summed E-state index contributed by atoms with van der Waals surface area (Å²) in [6, 6.07) is 8.06. The second-order valence-electron chi connectivity index (χ2n) is 5.35. The van der Waals surface area contributed by atoms with Crippen molar-refractivity contribution in [3.05, 3.63) is 41.3 Å². The normalized spacial score (nSPS) is 13.7. The molecule has 2 aromatic rings. The van der Waals surface area contributed by atoms with E-state index >= 15 is 0 Å². The Kier molecular flexibility index (Phi) is 4.63. The number of hydrogen-bond acceptors (Lipinski definition) is 5. The number of benzene rings is 1. The Balaban J connectivity index is 1.69. The number of rotatable bonds is 7. The summed E-state index contributed by atoms with van der Waals surface area (Å²) >= 11 is 6.06. The van der Waals surface area contributed by atoms with Gasteiger partial charge in [0.2, 0.25) is 0 Å². The first kappa shape index (κ1) is 14.9. The number of nitrogens with zero attached hydrogens (tertiary/aromatic N) is 2. The molecule has 0 unspecified atom stereocenters. The van der Waals surface area contributed by atoms with Gasteiger partial charge in [-0.15, -0.1) is 0 Å². The Labute approximate surface area is 135 Å². The minimum atomic E-state index is 0.401. The van der Waals surface area contributed by atoms with Crippen molar-refractivity contribution in [2.24, 2.45) is 5.92 Å². The Morgan fingerprint density at radius 2 is 2.09 bits per heavy atom. The van der Waals surface area contributed by atoms with Gasteiger partial charge in [0.15, 0.2) is 11.0 Å². The molecule has 6 heteroatoms. The fraction of sp³-hybridized carbons (Fsp3) is 0.375. The van der Waals surface area contributed by atoms with Crippen molar-refractivity contribution in [1.29, 1.82) is 0 Å². The fourth-order valence-corrected chi connectivity index (χ4v) is 2.41. The Morgan fingerprint density at radius 3 is 2.86 bits per heavy atom. The van der Waals surface area contributed by atoms with E-state index in [-0.39, 0.29) is 0 Å². The Hall–Kier alpha value is -2.01. The molecule has 116 valence electrons. The van der Waals surface area contributed by atoms with Crippen LogP contribution in [0.25, 0.3) is 0 Å². The number of aromatic nitrogens is 2. The number of anilines is 2. The van der Waals surface area contributed by atoms with Gasteiger partial charge in [-0.2, -0.15) is 0 Å². The summed E-state index contributed by atoms with van der Waals surface area (Å²) in [6.45, 7) is 1.42. The molecule has 0 bridgehead atoms. The maximum Gasteiger partial charge on any atom is 0.157 e. The van der Waals surface area contributed by atoms with Crippen molar-refractivity contribution in [3.8, 4) is 5.75 Å². The molecule has 0 atom stereocenters. The second kappa shape index (κ2) is 6.83. The summed E-state index contributed by atoms with van der Waals surface area (Å²) in [6.07, 6.45) is 4.01. The van der Waals surface area contributed by atoms with Crippen LogP contribution in [-0.4, -0.2) is 23.6 Å². The number of ether oxygens (including phenoxy) is 1. The molecule has 0 radical (unpaired) electrons. The molecular formula is C16H19ClN4O. The van der Waals surface area contributed by atoms with Gasteiger partial charge in [-0.25, -0.2) is 9.97 Å². The average molecular weight is 319 g/mol. The van der Waals surface area contributed by atoms with Crippen LogP contribution in [0.5, 0.6) is 5.75 Å². The van der Waals surface area contributed by atoms with Gasteiger partial charge in [0.25, 0.3) is 0 Å². The molecule has 3 rings (SSSR count). The van der Waals surface area contributed by atoms with Gasteiger partial charge in [0.05, 0.1) is 6.61 Å². The zero-order valence-corrected chi connectivity index (χ0v) is 13.2. The molecule has 1 aliphatic carbocycles. The number of nitrogens with one attached hydrogen (secondary N) is 2. The minimum Gasteiger partial charge on any atom is -0.493 e. The Morgan fingerprint density at radius 1 is 1.27 bits per heavy atom. The van der Waals surface area contributed by atoms with Gasteiger partial charge in [-0.05, 0) is 24.8 Å². The van der Waals surface area contributed by atoms with Crippen molar-refractivity contribution >= 4 is 23.1 Å². The zero-order valence-electron chi connectivity index (χ0n) is 12.5. The molecule has 0 spiro atoms. The molecule has 5 nitrogen and oxygen atoms in total. The third-order valence-corrected chi connectivity index (χ3v) is 3.93. The molecule has 1 aromatic carbocycles. The molecule has 1 aliphatic rings. The molecule has 1 saturated carbocycles. The first-order chi connectivity index (χ1) is 10.8. The SMILES string of the molecule is CNc1c(Cl)ncnc1NCc1ccccc1OCC1CC1. The molecule has 22 heavy (non-hydrogen) atoms. The van der Waals surface area contributed by atoms with E-state index in [2.05, 4.69) is 26.7 Å². The lowest BCUT2D eigenvalue weighted by molar-refractivity contribution is 0.297. The predicted octanol–water partition coefficient (Wildman–Crippen LogP) is 3.57. The highest BCUT2D eigenvalue weighted by Crippen LogP contribution is 2.31. The first-order valence-corrected chi connectivity index (χ1v) is 7.78. The summed E-state index contributed by atoms with van der Waals surface area (Å²) in [4.78, 5) is 8.20. The second-order valence-corrected chi connectivity index (χ2v) is 5.71. The molecule has 1 fully saturated rings. The lowest BCUT2D eigenvalue weighted by Gasteiger charge is -2.14. The maximum atomic E-state index is 6.06. The van der Waals surface area contributed by atoms with Crippen LogP contribution in [0, 0.1) is 5.92 Å². The number of halogens is 1. The van der Waals surface area contributed by atoms with E-state index in [0.29, 0.717) is 23.2 Å². The van der Waals surface area contributed by atoms with Crippen LogP contribution in [0.15, 0.2) is 30.6 Å². The maximum absolute atomic E-state index is 6.06. The highest BCUT2D eigenvalue weighted by molar-refractivity contribution is 6.32. The van der Waals surface area contributed by atoms with Crippen molar-refractivity contribution in [1.82, 2.24) is 9.97 Å². The van der Waals surface area contributed by atoms with E-state index in [1.54, 1.807) is 7.05 Å². The molecule has 0 amide bonds. The average Bonchev–Trinajstić information content (AvgIpc) is 3.36. The predicted molar refractivity (Wildman–Crippen MR) is 88.6 cm³/mol.